The fraction of sp³-hybridized carbons (Fsp3) is 0.950. The molecule has 0 amide bonds. The van der Waals surface area contributed by atoms with Crippen molar-refractivity contribution in [2.45, 2.75) is 70.8 Å². The van der Waals surface area contributed by atoms with E-state index in [0.717, 1.165) is 22.1 Å². The molecule has 0 aromatic heterocycles. The van der Waals surface area contributed by atoms with E-state index < -0.39 is 0 Å². The highest BCUT2D eigenvalue weighted by Gasteiger charge is 2.35. The molecule has 24 heavy (non-hydrogen) atoms. The highest BCUT2D eigenvalue weighted by atomic mass is 16.5. The molecule has 4 nitrogen and oxygen atoms in total. The summed E-state index contributed by atoms with van der Waals surface area (Å²) in [5, 5.41) is 0. The van der Waals surface area contributed by atoms with Crippen molar-refractivity contribution in [1.29, 1.82) is 0 Å². The van der Waals surface area contributed by atoms with Crippen molar-refractivity contribution in [3.63, 3.8) is 0 Å². The number of hydrogen-bond donors (Lipinski definition) is 0. The molecule has 2 saturated heterocycles. The molecule has 0 atom stereocenters. The maximum Gasteiger partial charge on any atom is 0.306 e. The highest BCUT2D eigenvalue weighted by Crippen LogP contribution is 2.21. The number of rotatable bonds is 6. The number of hydrogen-bond acceptors (Lipinski definition) is 2. The average Bonchev–Trinajstić information content (AvgIpc) is 2.87. The monoisotopic (exact) mass is 340 g/mol. The van der Waals surface area contributed by atoms with Crippen LogP contribution in [-0.2, 0) is 9.53 Å². The Balaban J connectivity index is 2.03. The molecule has 0 N–H and O–H groups in total. The summed E-state index contributed by atoms with van der Waals surface area (Å²) in [6.45, 7) is 8.87. The third-order valence-electron chi connectivity index (χ3n) is 6.17. The molecule has 2 heterocycles. The predicted octanol–water partition coefficient (Wildman–Crippen LogP) is 3.35. The molecular weight excluding hydrogens is 300 g/mol. The van der Waals surface area contributed by atoms with Gasteiger partial charge in [-0.15, -0.1) is 0 Å². The van der Waals surface area contributed by atoms with E-state index >= 15 is 0 Å². The van der Waals surface area contributed by atoms with Crippen molar-refractivity contribution in [3.05, 3.63) is 0 Å². The fourth-order valence-corrected chi connectivity index (χ4v) is 4.65. The number of esters is 1. The second kappa shape index (κ2) is 9.19. The van der Waals surface area contributed by atoms with E-state index in [9.17, 15) is 4.79 Å². The van der Waals surface area contributed by atoms with Gasteiger partial charge in [0.1, 0.15) is 13.1 Å². The van der Waals surface area contributed by atoms with Gasteiger partial charge in [-0.2, -0.15) is 0 Å². The molecule has 0 aliphatic carbocycles. The molecule has 2 fully saturated rings. The Hall–Kier alpha value is -0.610. The standard InChI is InChI=1S/C20H40N2O2/c1-4-20(23)24-19(17-21(2)13-9-5-6-10-14-21)18-22(3)15-11-7-8-12-16-22/h19H,4-18H2,1-3H3/q+2. The maximum absolute atomic E-state index is 12.0. The Bertz CT molecular complexity index is 353. The molecule has 140 valence electrons. The van der Waals surface area contributed by atoms with Crippen LogP contribution in [0.2, 0.25) is 0 Å². The number of quaternary nitrogens is 2. The van der Waals surface area contributed by atoms with E-state index in [-0.39, 0.29) is 12.1 Å². The minimum Gasteiger partial charge on any atom is -0.450 e. The van der Waals surface area contributed by atoms with Gasteiger partial charge in [-0.3, -0.25) is 4.79 Å². The first kappa shape index (κ1) is 19.7. The Morgan fingerprint density at radius 3 is 1.50 bits per heavy atom. The zero-order chi connectivity index (χ0) is 17.5. The van der Waals surface area contributed by atoms with Crippen LogP contribution in [0.5, 0.6) is 0 Å². The van der Waals surface area contributed by atoms with Crippen LogP contribution >= 0.6 is 0 Å². The Morgan fingerprint density at radius 1 is 0.792 bits per heavy atom. The van der Waals surface area contributed by atoms with Crippen LogP contribution < -0.4 is 0 Å². The number of ether oxygens (including phenoxy) is 1. The third kappa shape index (κ3) is 6.36. The van der Waals surface area contributed by atoms with Crippen molar-refractivity contribution in [1.82, 2.24) is 0 Å². The van der Waals surface area contributed by atoms with Gasteiger partial charge in [-0.05, 0) is 51.4 Å². The first-order valence-corrected chi connectivity index (χ1v) is 10.3. The number of likely N-dealkylation sites (tertiary alicyclic amines) is 2. The van der Waals surface area contributed by atoms with Crippen molar-refractivity contribution in [3.8, 4) is 0 Å². The highest BCUT2D eigenvalue weighted by molar-refractivity contribution is 5.69. The lowest BCUT2D eigenvalue weighted by Gasteiger charge is -2.40. The lowest BCUT2D eigenvalue weighted by molar-refractivity contribution is -0.931. The van der Waals surface area contributed by atoms with E-state index in [1.54, 1.807) is 0 Å². The number of carbonyl (C=O) groups excluding carboxylic acids is 1. The molecule has 0 unspecified atom stereocenters. The Kier molecular flexibility index (Phi) is 7.55. The molecule has 0 aromatic carbocycles. The molecule has 0 bridgehead atoms. The van der Waals surface area contributed by atoms with Crippen LogP contribution in [0.3, 0.4) is 0 Å². The van der Waals surface area contributed by atoms with Crippen LogP contribution in [-0.4, -0.2) is 74.4 Å². The van der Waals surface area contributed by atoms with Crippen LogP contribution in [0.15, 0.2) is 0 Å². The lowest BCUT2D eigenvalue weighted by atomic mass is 10.2. The summed E-state index contributed by atoms with van der Waals surface area (Å²) in [5.41, 5.74) is 0. The molecule has 0 saturated carbocycles. The normalized spacial score (nSPS) is 24.2. The van der Waals surface area contributed by atoms with Crippen LogP contribution in [0, 0.1) is 0 Å². The van der Waals surface area contributed by atoms with Gasteiger partial charge >= 0.3 is 5.97 Å². The molecule has 0 spiro atoms. The quantitative estimate of drug-likeness (QED) is 0.547. The van der Waals surface area contributed by atoms with Gasteiger partial charge < -0.3 is 13.7 Å². The Morgan fingerprint density at radius 2 is 1.17 bits per heavy atom. The summed E-state index contributed by atoms with van der Waals surface area (Å²) in [6, 6.07) is 0. The zero-order valence-corrected chi connectivity index (χ0v) is 16.4. The van der Waals surface area contributed by atoms with Crippen molar-refractivity contribution in [2.75, 3.05) is 53.4 Å². The minimum absolute atomic E-state index is 0.0251. The molecule has 2 rings (SSSR count). The molecule has 2 aliphatic heterocycles. The van der Waals surface area contributed by atoms with Gasteiger partial charge in [0.15, 0.2) is 6.10 Å². The summed E-state index contributed by atoms with van der Waals surface area (Å²) in [4.78, 5) is 12.0. The van der Waals surface area contributed by atoms with E-state index in [0.29, 0.717) is 6.42 Å². The fourth-order valence-electron chi connectivity index (χ4n) is 4.65. The number of likely N-dealkylation sites (N-methyl/N-ethyl adjacent to an activating group) is 2. The molecular formula is C20H40N2O2+2. The second-order valence-electron chi connectivity index (χ2n) is 8.79. The van der Waals surface area contributed by atoms with Crippen LogP contribution in [0.4, 0.5) is 0 Å². The van der Waals surface area contributed by atoms with Crippen LogP contribution in [0.1, 0.15) is 64.7 Å². The van der Waals surface area contributed by atoms with Gasteiger partial charge in [0.25, 0.3) is 0 Å². The van der Waals surface area contributed by atoms with Gasteiger partial charge in [-0.25, -0.2) is 0 Å². The summed E-state index contributed by atoms with van der Waals surface area (Å²) < 4.78 is 8.12. The largest absolute Gasteiger partial charge is 0.450 e. The lowest BCUT2D eigenvalue weighted by Crippen LogP contribution is -2.57. The summed E-state index contributed by atoms with van der Waals surface area (Å²) in [5.74, 6) is -0.0251. The first-order chi connectivity index (χ1) is 11.4. The first-order valence-electron chi connectivity index (χ1n) is 10.3. The van der Waals surface area contributed by atoms with E-state index in [1.165, 1.54) is 77.5 Å². The minimum atomic E-state index is -0.0251. The van der Waals surface area contributed by atoms with Crippen molar-refractivity contribution < 1.29 is 18.5 Å². The SMILES string of the molecule is CCC(=O)OC(C[N+]1(C)CCCCCC1)C[N+]1(C)CCCCCC1. The molecule has 4 heteroatoms. The Labute approximate surface area is 149 Å². The zero-order valence-electron chi connectivity index (χ0n) is 16.4. The van der Waals surface area contributed by atoms with Gasteiger partial charge in [-0.1, -0.05) is 6.92 Å². The van der Waals surface area contributed by atoms with Crippen LogP contribution in [0.25, 0.3) is 0 Å². The smallest absolute Gasteiger partial charge is 0.306 e. The van der Waals surface area contributed by atoms with Gasteiger partial charge in [0, 0.05) is 6.42 Å². The van der Waals surface area contributed by atoms with E-state index in [4.69, 9.17) is 4.74 Å². The summed E-state index contributed by atoms with van der Waals surface area (Å²) >= 11 is 0. The molecule has 2 aliphatic rings. The summed E-state index contributed by atoms with van der Waals surface area (Å²) in [7, 11) is 4.75. The average molecular weight is 341 g/mol. The number of nitrogens with zero attached hydrogens (tertiary/aromatic N) is 2. The van der Waals surface area contributed by atoms with E-state index in [2.05, 4.69) is 14.1 Å². The second-order valence-corrected chi connectivity index (χ2v) is 8.79. The van der Waals surface area contributed by atoms with Gasteiger partial charge in [0.05, 0.1) is 40.3 Å². The summed E-state index contributed by atoms with van der Waals surface area (Å²) in [6.07, 6.45) is 11.3. The molecule has 0 aromatic rings. The van der Waals surface area contributed by atoms with Gasteiger partial charge in [0.2, 0.25) is 0 Å². The van der Waals surface area contributed by atoms with Crippen molar-refractivity contribution in [2.24, 2.45) is 0 Å². The topological polar surface area (TPSA) is 26.3 Å². The maximum atomic E-state index is 12.0. The number of carbonyl (C=O) groups is 1. The molecule has 0 radical (unpaired) electrons. The predicted molar refractivity (Wildman–Crippen MR) is 98.7 cm³/mol. The van der Waals surface area contributed by atoms with E-state index in [1.807, 2.05) is 6.92 Å². The van der Waals surface area contributed by atoms with Crippen molar-refractivity contribution >= 4 is 5.97 Å². The third-order valence-corrected chi connectivity index (χ3v) is 6.17.